The van der Waals surface area contributed by atoms with Gasteiger partial charge in [-0.1, -0.05) is 0 Å². The van der Waals surface area contributed by atoms with Crippen molar-refractivity contribution in [3.8, 4) is 0 Å². The minimum atomic E-state index is -4.42. The number of hydrogen-bond donors (Lipinski definition) is 2. The van der Waals surface area contributed by atoms with Gasteiger partial charge in [0.2, 0.25) is 5.91 Å². The van der Waals surface area contributed by atoms with Crippen LogP contribution in [-0.2, 0) is 15.6 Å². The van der Waals surface area contributed by atoms with Gasteiger partial charge in [-0.15, -0.1) is 0 Å². The number of carbonyl (C=O) groups excluding carboxylic acids is 1. The summed E-state index contributed by atoms with van der Waals surface area (Å²) in [6.45, 7) is 0.153. The second-order valence-corrected chi connectivity index (χ2v) is 5.17. The summed E-state index contributed by atoms with van der Waals surface area (Å²) in [5.74, 6) is -0.530. The lowest BCUT2D eigenvalue weighted by Crippen LogP contribution is -2.45. The van der Waals surface area contributed by atoms with Gasteiger partial charge in [-0.3, -0.25) is 9.00 Å². The first kappa shape index (κ1) is 13.4. The van der Waals surface area contributed by atoms with Gasteiger partial charge in [-0.2, -0.15) is 13.2 Å². The van der Waals surface area contributed by atoms with Crippen molar-refractivity contribution in [2.75, 3.05) is 31.1 Å². The Labute approximate surface area is 93.4 Å². The third-order valence-electron chi connectivity index (χ3n) is 2.07. The minimum absolute atomic E-state index is 0.274. The molecule has 0 radical (unpaired) electrons. The van der Waals surface area contributed by atoms with Gasteiger partial charge >= 0.3 is 6.18 Å². The van der Waals surface area contributed by atoms with Crippen molar-refractivity contribution in [2.45, 2.75) is 6.18 Å². The maximum Gasteiger partial charge on any atom is 0.405 e. The van der Waals surface area contributed by atoms with E-state index in [0.717, 1.165) is 13.1 Å². The van der Waals surface area contributed by atoms with E-state index in [-0.39, 0.29) is 11.7 Å². The molecule has 1 aliphatic rings. The summed E-state index contributed by atoms with van der Waals surface area (Å²) in [6.07, 6.45) is -4.42. The molecule has 0 aliphatic carbocycles. The molecule has 1 atom stereocenters. The standard InChI is InChI=1S/C8H13F3N2O2S/c9-8(10,11)5-13-7(14)4-16(15)3-6-1-12-2-6/h6,12H,1-5H2,(H,13,14). The molecule has 1 aliphatic heterocycles. The van der Waals surface area contributed by atoms with Gasteiger partial charge in [0, 0.05) is 29.6 Å². The first-order chi connectivity index (χ1) is 7.37. The second-order valence-electron chi connectivity index (χ2n) is 3.67. The van der Waals surface area contributed by atoms with Crippen molar-refractivity contribution in [2.24, 2.45) is 5.92 Å². The lowest BCUT2D eigenvalue weighted by Gasteiger charge is -2.26. The van der Waals surface area contributed by atoms with Gasteiger partial charge < -0.3 is 10.6 Å². The fourth-order valence-corrected chi connectivity index (χ4v) is 2.46. The third kappa shape index (κ3) is 5.45. The number of rotatable bonds is 5. The number of alkyl halides is 3. The molecule has 0 aromatic heterocycles. The summed E-state index contributed by atoms with van der Waals surface area (Å²) in [7, 11) is -1.38. The molecule has 2 N–H and O–H groups in total. The van der Waals surface area contributed by atoms with E-state index in [0.29, 0.717) is 5.75 Å². The molecule has 0 saturated carbocycles. The predicted molar refractivity (Wildman–Crippen MR) is 53.3 cm³/mol. The highest BCUT2D eigenvalue weighted by Crippen LogP contribution is 2.12. The molecule has 1 unspecified atom stereocenters. The molecule has 1 amide bonds. The van der Waals surface area contributed by atoms with E-state index in [1.165, 1.54) is 0 Å². The maximum atomic E-state index is 11.7. The molecule has 0 aromatic rings. The van der Waals surface area contributed by atoms with E-state index in [2.05, 4.69) is 5.32 Å². The molecular weight excluding hydrogens is 245 g/mol. The summed E-state index contributed by atoms with van der Waals surface area (Å²) in [5.41, 5.74) is 0. The first-order valence-electron chi connectivity index (χ1n) is 4.76. The van der Waals surface area contributed by atoms with Crippen LogP contribution in [0.15, 0.2) is 0 Å². The number of nitrogens with one attached hydrogen (secondary N) is 2. The largest absolute Gasteiger partial charge is 0.405 e. The van der Waals surface area contributed by atoms with Crippen LogP contribution in [0.3, 0.4) is 0 Å². The summed E-state index contributed by atoms with van der Waals surface area (Å²) >= 11 is 0. The van der Waals surface area contributed by atoms with E-state index in [1.54, 1.807) is 5.32 Å². The fraction of sp³-hybridized carbons (Fsp3) is 0.875. The summed E-state index contributed by atoms with van der Waals surface area (Å²) in [5, 5.41) is 4.67. The van der Waals surface area contributed by atoms with Crippen molar-refractivity contribution < 1.29 is 22.2 Å². The molecule has 4 nitrogen and oxygen atoms in total. The van der Waals surface area contributed by atoms with E-state index >= 15 is 0 Å². The Bertz CT molecular complexity index is 279. The molecule has 94 valence electrons. The van der Waals surface area contributed by atoms with Gasteiger partial charge in [0.1, 0.15) is 12.3 Å². The third-order valence-corrected chi connectivity index (χ3v) is 3.49. The topological polar surface area (TPSA) is 58.2 Å². The average Bonchev–Trinajstić information content (AvgIpc) is 2.07. The average molecular weight is 258 g/mol. The lowest BCUT2D eigenvalue weighted by atomic mass is 10.1. The normalized spacial score (nSPS) is 18.9. The van der Waals surface area contributed by atoms with Crippen LogP contribution in [0.4, 0.5) is 13.2 Å². The van der Waals surface area contributed by atoms with Crippen molar-refractivity contribution in [1.29, 1.82) is 0 Å². The zero-order valence-corrected chi connectivity index (χ0v) is 9.29. The fourth-order valence-electron chi connectivity index (χ4n) is 1.18. The SMILES string of the molecule is O=C(CS(=O)CC1CNC1)NCC(F)(F)F. The zero-order chi connectivity index (χ0) is 12.2. The first-order valence-corrected chi connectivity index (χ1v) is 6.25. The van der Waals surface area contributed by atoms with Crippen molar-refractivity contribution in [1.82, 2.24) is 10.6 Å². The number of amides is 1. The Hall–Kier alpha value is -0.630. The number of carbonyl (C=O) groups is 1. The minimum Gasteiger partial charge on any atom is -0.346 e. The Kier molecular flexibility index (Phi) is 4.72. The summed E-state index contributed by atoms with van der Waals surface area (Å²) in [6, 6.07) is 0. The van der Waals surface area contributed by atoms with Crippen LogP contribution in [0.5, 0.6) is 0 Å². The van der Waals surface area contributed by atoms with Crippen molar-refractivity contribution >= 4 is 16.7 Å². The van der Waals surface area contributed by atoms with Gasteiger partial charge in [-0.05, 0) is 5.92 Å². The van der Waals surface area contributed by atoms with E-state index in [4.69, 9.17) is 0 Å². The van der Waals surface area contributed by atoms with Gasteiger partial charge in [0.05, 0.1) is 0 Å². The molecule has 0 spiro atoms. The van der Waals surface area contributed by atoms with E-state index < -0.39 is 29.4 Å². The molecule has 0 aromatic carbocycles. The molecule has 8 heteroatoms. The van der Waals surface area contributed by atoms with Crippen LogP contribution in [0.25, 0.3) is 0 Å². The Morgan fingerprint density at radius 2 is 2.06 bits per heavy atom. The molecule has 1 fully saturated rings. The monoisotopic (exact) mass is 258 g/mol. The maximum absolute atomic E-state index is 11.7. The van der Waals surface area contributed by atoms with E-state index in [1.807, 2.05) is 0 Å². The van der Waals surface area contributed by atoms with Crippen molar-refractivity contribution in [3.63, 3.8) is 0 Å². The molecule has 1 saturated heterocycles. The van der Waals surface area contributed by atoms with Crippen LogP contribution < -0.4 is 10.6 Å². The quantitative estimate of drug-likeness (QED) is 0.707. The van der Waals surface area contributed by atoms with Gasteiger partial charge in [0.25, 0.3) is 0 Å². The predicted octanol–water partition coefficient (Wildman–Crippen LogP) is -0.367. The van der Waals surface area contributed by atoms with Crippen LogP contribution in [0.1, 0.15) is 0 Å². The number of halogens is 3. The lowest BCUT2D eigenvalue weighted by molar-refractivity contribution is -0.136. The van der Waals surface area contributed by atoms with Crippen LogP contribution in [-0.4, -0.2) is 47.4 Å². The van der Waals surface area contributed by atoms with Crippen molar-refractivity contribution in [3.05, 3.63) is 0 Å². The zero-order valence-electron chi connectivity index (χ0n) is 8.47. The number of hydrogen-bond acceptors (Lipinski definition) is 3. The van der Waals surface area contributed by atoms with E-state index in [9.17, 15) is 22.2 Å². The molecule has 1 heterocycles. The van der Waals surface area contributed by atoms with Crippen LogP contribution in [0.2, 0.25) is 0 Å². The highest BCUT2D eigenvalue weighted by atomic mass is 32.2. The Morgan fingerprint density at radius 3 is 2.50 bits per heavy atom. The Balaban J connectivity index is 2.15. The summed E-state index contributed by atoms with van der Waals surface area (Å²) < 4.78 is 46.5. The molecule has 16 heavy (non-hydrogen) atoms. The highest BCUT2D eigenvalue weighted by Gasteiger charge is 2.28. The molecule has 1 rings (SSSR count). The smallest absolute Gasteiger partial charge is 0.346 e. The van der Waals surface area contributed by atoms with Crippen LogP contribution >= 0.6 is 0 Å². The Morgan fingerprint density at radius 1 is 1.44 bits per heavy atom. The second kappa shape index (κ2) is 5.62. The summed E-state index contributed by atoms with van der Waals surface area (Å²) in [4.78, 5) is 11.0. The van der Waals surface area contributed by atoms with Crippen LogP contribution in [0, 0.1) is 5.92 Å². The van der Waals surface area contributed by atoms with Gasteiger partial charge in [-0.25, -0.2) is 0 Å². The molecule has 0 bridgehead atoms. The van der Waals surface area contributed by atoms with Gasteiger partial charge in [0.15, 0.2) is 0 Å². The molecular formula is C8H13F3N2O2S. The highest BCUT2D eigenvalue weighted by molar-refractivity contribution is 7.85.